The Bertz CT molecular complexity index is 481. The van der Waals surface area contributed by atoms with Gasteiger partial charge in [0.25, 0.3) is 0 Å². The molecule has 0 fully saturated rings. The molecule has 1 aromatic heterocycles. The zero-order valence-electron chi connectivity index (χ0n) is 11.9. The maximum atomic E-state index is 11.5. The van der Waals surface area contributed by atoms with Crippen molar-refractivity contribution in [2.75, 3.05) is 6.61 Å². The lowest BCUT2D eigenvalue weighted by atomic mass is 10.3. The molecule has 1 aromatic rings. The molecule has 0 amide bonds. The van der Waals surface area contributed by atoms with Crippen LogP contribution >= 0.6 is 11.3 Å². The molecule has 1 rings (SSSR count). The highest BCUT2D eigenvalue weighted by molar-refractivity contribution is 7.09. The van der Waals surface area contributed by atoms with Gasteiger partial charge in [0, 0.05) is 11.5 Å². The van der Waals surface area contributed by atoms with Gasteiger partial charge in [0.15, 0.2) is 6.10 Å². The molecule has 0 aromatic carbocycles. The first kappa shape index (κ1) is 16.4. The average Bonchev–Trinajstić information content (AvgIpc) is 2.82. The molecule has 0 unspecified atom stereocenters. The number of aryl methyl sites for hydroxylation is 1. The van der Waals surface area contributed by atoms with Gasteiger partial charge < -0.3 is 9.47 Å². The number of carbonyl (C=O) groups is 2. The number of thiazole rings is 1. The van der Waals surface area contributed by atoms with Gasteiger partial charge in [-0.25, -0.2) is 14.6 Å². The fraction of sp³-hybridized carbons (Fsp3) is 0.500. The standard InChI is InChI=1S/C14H19NO4S/c1-4-5-8-18-14(17)10(2)19-13(16)7-6-12-9-20-11(3)15-12/h6-7,9-10H,4-5,8H2,1-3H3/b7-6-/t10-/m1/s1. The van der Waals surface area contributed by atoms with E-state index < -0.39 is 18.0 Å². The Morgan fingerprint density at radius 2 is 2.25 bits per heavy atom. The minimum Gasteiger partial charge on any atom is -0.463 e. The molecule has 0 aliphatic carbocycles. The summed E-state index contributed by atoms with van der Waals surface area (Å²) in [6.07, 6.45) is 3.65. The van der Waals surface area contributed by atoms with Gasteiger partial charge in [0.2, 0.25) is 0 Å². The second kappa shape index (κ2) is 8.47. The number of hydrogen-bond donors (Lipinski definition) is 0. The SMILES string of the molecule is CCCCOC(=O)[C@@H](C)OC(=O)/C=C\c1csc(C)n1. The predicted molar refractivity (Wildman–Crippen MR) is 77.3 cm³/mol. The third-order valence-corrected chi connectivity index (χ3v) is 3.19. The number of rotatable bonds is 7. The summed E-state index contributed by atoms with van der Waals surface area (Å²) in [7, 11) is 0. The highest BCUT2D eigenvalue weighted by Crippen LogP contribution is 2.09. The van der Waals surface area contributed by atoms with Crippen LogP contribution in [0.5, 0.6) is 0 Å². The summed E-state index contributed by atoms with van der Waals surface area (Å²) >= 11 is 1.50. The van der Waals surface area contributed by atoms with Gasteiger partial charge in [-0.2, -0.15) is 0 Å². The number of carbonyl (C=O) groups excluding carboxylic acids is 2. The van der Waals surface area contributed by atoms with Crippen LogP contribution in [-0.2, 0) is 19.1 Å². The Kier molecular flexibility index (Phi) is 6.93. The molecule has 20 heavy (non-hydrogen) atoms. The highest BCUT2D eigenvalue weighted by atomic mass is 32.1. The summed E-state index contributed by atoms with van der Waals surface area (Å²) in [4.78, 5) is 27.2. The lowest BCUT2D eigenvalue weighted by molar-refractivity contribution is -0.163. The van der Waals surface area contributed by atoms with Gasteiger partial charge in [-0.1, -0.05) is 13.3 Å². The van der Waals surface area contributed by atoms with E-state index in [9.17, 15) is 9.59 Å². The van der Waals surface area contributed by atoms with Gasteiger partial charge in [-0.3, -0.25) is 0 Å². The van der Waals surface area contributed by atoms with E-state index in [1.807, 2.05) is 19.2 Å². The molecule has 5 nitrogen and oxygen atoms in total. The number of unbranched alkanes of at least 4 members (excludes halogenated alkanes) is 1. The van der Waals surface area contributed by atoms with Gasteiger partial charge in [0.1, 0.15) is 0 Å². The van der Waals surface area contributed by atoms with E-state index in [1.165, 1.54) is 24.3 Å². The maximum absolute atomic E-state index is 11.5. The van der Waals surface area contributed by atoms with E-state index in [0.717, 1.165) is 17.8 Å². The average molecular weight is 297 g/mol. The minimum atomic E-state index is -0.902. The smallest absolute Gasteiger partial charge is 0.347 e. The van der Waals surface area contributed by atoms with Crippen molar-refractivity contribution in [1.82, 2.24) is 4.98 Å². The van der Waals surface area contributed by atoms with Gasteiger partial charge in [-0.15, -0.1) is 11.3 Å². The van der Waals surface area contributed by atoms with Gasteiger partial charge in [-0.05, 0) is 26.3 Å². The molecule has 0 spiro atoms. The van der Waals surface area contributed by atoms with Crippen molar-refractivity contribution in [2.24, 2.45) is 0 Å². The van der Waals surface area contributed by atoms with Crippen LogP contribution in [0.3, 0.4) is 0 Å². The van der Waals surface area contributed by atoms with Crippen LogP contribution in [0.2, 0.25) is 0 Å². The molecular formula is C14H19NO4S. The summed E-state index contributed by atoms with van der Waals surface area (Å²) < 4.78 is 9.91. The van der Waals surface area contributed by atoms with E-state index in [2.05, 4.69) is 4.98 Å². The van der Waals surface area contributed by atoms with Crippen molar-refractivity contribution in [3.8, 4) is 0 Å². The second-order valence-corrected chi connectivity index (χ2v) is 5.29. The number of nitrogens with zero attached hydrogens (tertiary/aromatic N) is 1. The van der Waals surface area contributed by atoms with Crippen LogP contribution in [0.1, 0.15) is 37.4 Å². The first-order chi connectivity index (χ1) is 9.52. The van der Waals surface area contributed by atoms with Gasteiger partial charge in [0.05, 0.1) is 17.3 Å². The number of ether oxygens (including phenoxy) is 2. The second-order valence-electron chi connectivity index (χ2n) is 4.22. The molecule has 1 heterocycles. The third kappa shape index (κ3) is 5.97. The summed E-state index contributed by atoms with van der Waals surface area (Å²) in [5.41, 5.74) is 0.697. The lowest BCUT2D eigenvalue weighted by Gasteiger charge is -2.11. The monoisotopic (exact) mass is 297 g/mol. The van der Waals surface area contributed by atoms with E-state index in [4.69, 9.17) is 9.47 Å². The molecule has 0 radical (unpaired) electrons. The zero-order chi connectivity index (χ0) is 15.0. The minimum absolute atomic E-state index is 0.352. The summed E-state index contributed by atoms with van der Waals surface area (Å²) in [6.45, 7) is 5.73. The normalized spacial score (nSPS) is 12.3. The van der Waals surface area contributed by atoms with Crippen molar-refractivity contribution in [1.29, 1.82) is 0 Å². The fourth-order valence-corrected chi connectivity index (χ4v) is 1.89. The van der Waals surface area contributed by atoms with Crippen molar-refractivity contribution in [3.63, 3.8) is 0 Å². The van der Waals surface area contributed by atoms with E-state index in [-0.39, 0.29) is 0 Å². The van der Waals surface area contributed by atoms with Crippen molar-refractivity contribution < 1.29 is 19.1 Å². The lowest BCUT2D eigenvalue weighted by Crippen LogP contribution is -2.25. The Morgan fingerprint density at radius 1 is 1.50 bits per heavy atom. The molecular weight excluding hydrogens is 278 g/mol. The van der Waals surface area contributed by atoms with Crippen LogP contribution < -0.4 is 0 Å². The highest BCUT2D eigenvalue weighted by Gasteiger charge is 2.17. The Labute approximate surface area is 122 Å². The predicted octanol–water partition coefficient (Wildman–Crippen LogP) is 2.74. The molecule has 0 N–H and O–H groups in total. The first-order valence-electron chi connectivity index (χ1n) is 6.50. The van der Waals surface area contributed by atoms with Crippen LogP contribution in [0.15, 0.2) is 11.5 Å². The van der Waals surface area contributed by atoms with E-state index in [1.54, 1.807) is 6.08 Å². The summed E-state index contributed by atoms with van der Waals surface area (Å²) in [5.74, 6) is -1.11. The Morgan fingerprint density at radius 3 is 2.85 bits per heavy atom. The molecule has 0 aliphatic heterocycles. The molecule has 0 bridgehead atoms. The Balaban J connectivity index is 2.37. The summed E-state index contributed by atoms with van der Waals surface area (Å²) in [5, 5.41) is 2.76. The Hall–Kier alpha value is -1.69. The van der Waals surface area contributed by atoms with Crippen molar-refractivity contribution >= 4 is 29.4 Å². The van der Waals surface area contributed by atoms with Crippen LogP contribution in [-0.4, -0.2) is 29.6 Å². The van der Waals surface area contributed by atoms with Crippen molar-refractivity contribution in [3.05, 3.63) is 22.2 Å². The third-order valence-electron chi connectivity index (χ3n) is 2.39. The fourth-order valence-electron chi connectivity index (χ4n) is 1.31. The largest absolute Gasteiger partial charge is 0.463 e. The van der Waals surface area contributed by atoms with Crippen LogP contribution in [0, 0.1) is 6.92 Å². The molecule has 1 atom stereocenters. The molecule has 0 saturated heterocycles. The number of aromatic nitrogens is 1. The van der Waals surface area contributed by atoms with Crippen LogP contribution in [0.4, 0.5) is 0 Å². The number of hydrogen-bond acceptors (Lipinski definition) is 6. The molecule has 110 valence electrons. The zero-order valence-corrected chi connectivity index (χ0v) is 12.7. The maximum Gasteiger partial charge on any atom is 0.347 e. The van der Waals surface area contributed by atoms with Gasteiger partial charge >= 0.3 is 11.9 Å². The molecule has 0 saturated carbocycles. The van der Waals surface area contributed by atoms with Crippen molar-refractivity contribution in [2.45, 2.75) is 39.7 Å². The molecule has 0 aliphatic rings. The number of esters is 2. The van der Waals surface area contributed by atoms with E-state index >= 15 is 0 Å². The summed E-state index contributed by atoms with van der Waals surface area (Å²) in [6, 6.07) is 0. The molecule has 6 heteroatoms. The van der Waals surface area contributed by atoms with E-state index in [0.29, 0.717) is 12.3 Å². The quantitative estimate of drug-likeness (QED) is 0.440. The topological polar surface area (TPSA) is 65.5 Å². The van der Waals surface area contributed by atoms with Crippen LogP contribution in [0.25, 0.3) is 6.08 Å². The first-order valence-corrected chi connectivity index (χ1v) is 7.38.